The summed E-state index contributed by atoms with van der Waals surface area (Å²) < 4.78 is 2.24. The smallest absolute Gasteiger partial charge is 0.349 e. The van der Waals surface area contributed by atoms with Crippen LogP contribution < -0.4 is 16.7 Å². The third-order valence-electron chi connectivity index (χ3n) is 2.34. The lowest BCUT2D eigenvalue weighted by Crippen LogP contribution is -2.43. The van der Waals surface area contributed by atoms with Gasteiger partial charge in [-0.05, 0) is 28.7 Å². The second-order valence-electron chi connectivity index (χ2n) is 3.56. The Hall–Kier alpha value is -1.49. The normalized spacial score (nSPS) is 11.1. The molecular weight excluding hydrogens is 255 g/mol. The number of aromatic nitrogens is 3. The van der Waals surface area contributed by atoms with E-state index in [1.165, 1.54) is 4.34 Å². The molecule has 0 spiro atoms. The molecule has 100 valence electrons. The first kappa shape index (κ1) is 14.6. The maximum absolute atomic E-state index is 12.0. The fourth-order valence-electron chi connectivity index (χ4n) is 1.44. The van der Waals surface area contributed by atoms with Crippen LogP contribution >= 0.6 is 8.73 Å². The van der Waals surface area contributed by atoms with Crippen LogP contribution in [0.15, 0.2) is 9.59 Å². The van der Waals surface area contributed by atoms with Gasteiger partial charge in [-0.1, -0.05) is 6.92 Å². The summed E-state index contributed by atoms with van der Waals surface area (Å²) in [4.78, 5) is 39.1. The molecule has 1 unspecified atom stereocenters. The van der Waals surface area contributed by atoms with E-state index in [0.29, 0.717) is 6.54 Å². The predicted molar refractivity (Wildman–Crippen MR) is 70.7 cm³/mol. The highest BCUT2D eigenvalue weighted by atomic mass is 31.1. The highest BCUT2D eigenvalue weighted by Crippen LogP contribution is 2.06. The topological polar surface area (TPSA) is 86.0 Å². The van der Waals surface area contributed by atoms with Crippen LogP contribution in [0.3, 0.4) is 0 Å². The molecule has 0 saturated heterocycles. The van der Waals surface area contributed by atoms with E-state index in [0.717, 1.165) is 11.0 Å². The third kappa shape index (κ3) is 2.85. The summed E-state index contributed by atoms with van der Waals surface area (Å²) >= 11 is 0. The van der Waals surface area contributed by atoms with Crippen LogP contribution in [0.4, 0.5) is 0 Å². The van der Waals surface area contributed by atoms with Crippen molar-refractivity contribution in [3.8, 4) is 0 Å². The molecule has 1 atom stereocenters. The number of carbonyl (C=O) groups is 1. The zero-order chi connectivity index (χ0) is 13.7. The van der Waals surface area contributed by atoms with Gasteiger partial charge in [0.2, 0.25) is 5.82 Å². The number of rotatable bonds is 5. The molecule has 0 aliphatic rings. The zero-order valence-electron chi connectivity index (χ0n) is 10.7. The van der Waals surface area contributed by atoms with Crippen molar-refractivity contribution in [3.05, 3.63) is 26.8 Å². The van der Waals surface area contributed by atoms with Crippen molar-refractivity contribution < 1.29 is 4.79 Å². The molecule has 8 heteroatoms. The summed E-state index contributed by atoms with van der Waals surface area (Å²) in [5, 5.41) is 2.61. The van der Waals surface area contributed by atoms with E-state index in [9.17, 15) is 14.4 Å². The second kappa shape index (κ2) is 6.44. The highest BCUT2D eigenvalue weighted by Gasteiger charge is 2.16. The fraction of sp³-hybridized carbons (Fsp3) is 0.600. The first-order chi connectivity index (χ1) is 8.56. The molecule has 1 N–H and O–H groups in total. The lowest BCUT2D eigenvalue weighted by molar-refractivity contribution is 0.0940. The van der Waals surface area contributed by atoms with Crippen LogP contribution in [-0.2, 0) is 6.54 Å². The number of amides is 1. The summed E-state index contributed by atoms with van der Waals surface area (Å²) in [5.41, 5.74) is -1.17. The highest BCUT2D eigenvalue weighted by molar-refractivity contribution is 7.35. The summed E-state index contributed by atoms with van der Waals surface area (Å²) in [6.07, 6.45) is 0.774. The van der Waals surface area contributed by atoms with Gasteiger partial charge in [-0.2, -0.15) is 4.98 Å². The van der Waals surface area contributed by atoms with Gasteiger partial charge in [-0.3, -0.25) is 9.13 Å². The maximum atomic E-state index is 12.0. The summed E-state index contributed by atoms with van der Waals surface area (Å²) in [6, 6.07) is 0. The van der Waals surface area contributed by atoms with Crippen LogP contribution in [0.25, 0.3) is 0 Å². The van der Waals surface area contributed by atoms with E-state index in [-0.39, 0.29) is 21.1 Å². The van der Waals surface area contributed by atoms with Crippen LogP contribution in [-0.4, -0.2) is 33.0 Å². The lowest BCUT2D eigenvalue weighted by Gasteiger charge is -2.11. The van der Waals surface area contributed by atoms with E-state index in [1.807, 2.05) is 6.92 Å². The van der Waals surface area contributed by atoms with Gasteiger partial charge in [-0.15, -0.1) is 0 Å². The van der Waals surface area contributed by atoms with Gasteiger partial charge in [0.1, 0.15) is 0 Å². The van der Waals surface area contributed by atoms with Crippen LogP contribution in [0.1, 0.15) is 30.9 Å². The third-order valence-corrected chi connectivity index (χ3v) is 3.20. The average Bonchev–Trinajstić information content (AvgIpc) is 2.35. The van der Waals surface area contributed by atoms with Gasteiger partial charge in [0.25, 0.3) is 5.91 Å². The van der Waals surface area contributed by atoms with Gasteiger partial charge < -0.3 is 5.32 Å². The Morgan fingerprint density at radius 2 is 2.06 bits per heavy atom. The van der Waals surface area contributed by atoms with Crippen LogP contribution in [0, 0.1) is 0 Å². The quantitative estimate of drug-likeness (QED) is 0.741. The molecule has 0 bridgehead atoms. The van der Waals surface area contributed by atoms with Gasteiger partial charge >= 0.3 is 11.4 Å². The van der Waals surface area contributed by atoms with Crippen molar-refractivity contribution in [1.82, 2.24) is 19.2 Å². The monoisotopic (exact) mass is 272 g/mol. The number of carbonyl (C=O) groups excluding carboxylic acids is 1. The van der Waals surface area contributed by atoms with Gasteiger partial charge in [0.15, 0.2) is 0 Å². The molecule has 0 aliphatic heterocycles. The van der Waals surface area contributed by atoms with Gasteiger partial charge in [0, 0.05) is 13.1 Å². The molecule has 0 radical (unpaired) electrons. The van der Waals surface area contributed by atoms with Crippen LogP contribution in [0.2, 0.25) is 0 Å². The van der Waals surface area contributed by atoms with Crippen molar-refractivity contribution in [2.45, 2.75) is 26.8 Å². The van der Waals surface area contributed by atoms with Gasteiger partial charge in [-0.25, -0.2) is 14.2 Å². The first-order valence-electron chi connectivity index (χ1n) is 5.76. The Balaban J connectivity index is 3.33. The number of nitrogens with one attached hydrogen (secondary N) is 1. The van der Waals surface area contributed by atoms with E-state index in [4.69, 9.17) is 0 Å². The Kier molecular flexibility index (Phi) is 5.22. The van der Waals surface area contributed by atoms with E-state index < -0.39 is 17.3 Å². The Morgan fingerprint density at radius 3 is 2.56 bits per heavy atom. The van der Waals surface area contributed by atoms with Crippen molar-refractivity contribution in [1.29, 1.82) is 0 Å². The lowest BCUT2D eigenvalue weighted by atomic mass is 10.4. The molecule has 1 rings (SSSR count). The van der Waals surface area contributed by atoms with E-state index in [1.54, 1.807) is 13.6 Å². The van der Waals surface area contributed by atoms with Crippen molar-refractivity contribution in [3.63, 3.8) is 0 Å². The van der Waals surface area contributed by atoms with Crippen molar-refractivity contribution in [2.24, 2.45) is 0 Å². The Bertz CT molecular complexity index is 549. The zero-order valence-corrected chi connectivity index (χ0v) is 11.7. The number of hydrogen-bond acceptors (Lipinski definition) is 4. The summed E-state index contributed by atoms with van der Waals surface area (Å²) in [6.45, 7) is 6.08. The number of hydrogen-bond donors (Lipinski definition) is 1. The maximum Gasteiger partial charge on any atom is 0.353 e. The second-order valence-corrected chi connectivity index (χ2v) is 4.45. The van der Waals surface area contributed by atoms with Crippen molar-refractivity contribution >= 4 is 14.6 Å². The fourth-order valence-corrected chi connectivity index (χ4v) is 2.11. The van der Waals surface area contributed by atoms with E-state index in [2.05, 4.69) is 10.3 Å². The minimum atomic E-state index is -0.682. The first-order valence-corrected chi connectivity index (χ1v) is 7.21. The molecule has 1 amide bonds. The molecule has 1 aromatic heterocycles. The molecule has 0 aliphatic carbocycles. The van der Waals surface area contributed by atoms with Crippen molar-refractivity contribution in [2.75, 3.05) is 13.2 Å². The Labute approximate surface area is 106 Å². The molecule has 0 fully saturated rings. The van der Waals surface area contributed by atoms with Gasteiger partial charge in [0.05, 0.1) is 0 Å². The Morgan fingerprint density at radius 1 is 1.39 bits per heavy atom. The molecular formula is C10H17N4O3P. The minimum Gasteiger partial charge on any atom is -0.349 e. The molecule has 0 saturated carbocycles. The molecule has 18 heavy (non-hydrogen) atoms. The van der Waals surface area contributed by atoms with E-state index >= 15 is 0 Å². The molecule has 0 aromatic carbocycles. The number of nitrogens with zero attached hydrogens (tertiary/aromatic N) is 3. The molecule has 7 nitrogen and oxygen atoms in total. The van der Waals surface area contributed by atoms with Crippen LogP contribution in [0.5, 0.6) is 0 Å². The summed E-state index contributed by atoms with van der Waals surface area (Å²) in [7, 11) is 0.0425. The molecule has 1 heterocycles. The largest absolute Gasteiger partial charge is 0.353 e. The SMILES string of the molecule is CCCNC(=O)c1nc(=O)n(CC)c(=O)n1PC. The average molecular weight is 272 g/mol. The predicted octanol–water partition coefficient (Wildman–Crippen LogP) is -0.364. The molecule has 1 aromatic rings. The minimum absolute atomic E-state index is 0.0425. The standard InChI is InChI=1S/C10H17N4O3P/c1-4-6-11-8(15)7-12-9(16)13(5-2)10(17)14(7)18-3/h18H,4-6H2,1-3H3,(H,11,15). The summed E-state index contributed by atoms with van der Waals surface area (Å²) in [5.74, 6) is -0.590.